The molecule has 1 aromatic heterocycles. The number of ether oxygens (including phenoxy) is 1. The van der Waals surface area contributed by atoms with Gasteiger partial charge in [-0.05, 0) is 43.9 Å². The molecule has 1 saturated heterocycles. The Morgan fingerprint density at radius 1 is 1.28 bits per heavy atom. The summed E-state index contributed by atoms with van der Waals surface area (Å²) in [4.78, 5) is 4.80. The second-order valence-electron chi connectivity index (χ2n) is 8.63. The summed E-state index contributed by atoms with van der Waals surface area (Å²) in [6.07, 6.45) is 8.26. The molecule has 0 radical (unpaired) electrons. The monoisotopic (exact) mass is 417 g/mol. The van der Waals surface area contributed by atoms with Gasteiger partial charge in [-0.1, -0.05) is 12.8 Å². The van der Waals surface area contributed by atoms with Gasteiger partial charge in [0.15, 0.2) is 11.6 Å². The Hall–Kier alpha value is -1.90. The third-order valence-electron chi connectivity index (χ3n) is 6.80. The van der Waals surface area contributed by atoms with Crippen molar-refractivity contribution in [2.75, 3.05) is 20.3 Å². The average Bonchev–Trinajstić information content (AvgIpc) is 3.42. The predicted octanol–water partition coefficient (Wildman–Crippen LogP) is 3.42. The summed E-state index contributed by atoms with van der Waals surface area (Å²) in [5, 5.41) is 11.3. The fraction of sp³-hybridized carbons (Fsp3) is 0.571. The van der Waals surface area contributed by atoms with Crippen LogP contribution in [0.4, 0.5) is 5.82 Å². The maximum Gasteiger partial charge on any atom is 0.243 e. The van der Waals surface area contributed by atoms with Crippen molar-refractivity contribution in [1.29, 1.82) is 0 Å². The van der Waals surface area contributed by atoms with Crippen molar-refractivity contribution in [1.82, 2.24) is 8.87 Å². The van der Waals surface area contributed by atoms with E-state index >= 15 is 0 Å². The highest BCUT2D eigenvalue weighted by Crippen LogP contribution is 2.48. The zero-order chi connectivity index (χ0) is 20.2. The van der Waals surface area contributed by atoms with Crippen molar-refractivity contribution in [3.05, 3.63) is 18.2 Å². The van der Waals surface area contributed by atoms with Gasteiger partial charge in [0.1, 0.15) is 0 Å². The molecule has 1 saturated carbocycles. The van der Waals surface area contributed by atoms with E-state index in [1.54, 1.807) is 19.2 Å². The summed E-state index contributed by atoms with van der Waals surface area (Å²) < 4.78 is 35.3. The van der Waals surface area contributed by atoms with Crippen LogP contribution in [0.5, 0.6) is 5.75 Å². The Morgan fingerprint density at radius 2 is 2.07 bits per heavy atom. The van der Waals surface area contributed by atoms with Crippen molar-refractivity contribution < 1.29 is 18.3 Å². The van der Waals surface area contributed by atoms with Crippen LogP contribution in [0.25, 0.3) is 10.9 Å². The van der Waals surface area contributed by atoms with Crippen LogP contribution in [0.1, 0.15) is 38.5 Å². The first-order valence-corrected chi connectivity index (χ1v) is 11.8. The van der Waals surface area contributed by atoms with E-state index in [1.807, 2.05) is 12.3 Å². The number of aliphatic imine (C=N–C) groups is 1. The number of sulfonamides is 1. The van der Waals surface area contributed by atoms with Crippen LogP contribution < -0.4 is 0 Å². The normalized spacial score (nSPS) is 24.0. The highest BCUT2D eigenvalue weighted by molar-refractivity contribution is 7.89. The van der Waals surface area contributed by atoms with Crippen LogP contribution >= 0.6 is 0 Å². The molecule has 3 heterocycles. The molecule has 1 aliphatic carbocycles. The standard InChI is InChI=1S/C21H27N3O4S/c1-28-12-15-5-4-10-24(15)29(26,27)16-6-7-18-17(11-16)19(25)20-22-13-21(14-23(18)20)8-2-3-9-21/h6-7,11,13,15,25H,2-5,8-10,12,14H2,1H3/t15-/m0/s1. The minimum absolute atomic E-state index is 0.0658. The van der Waals surface area contributed by atoms with Gasteiger partial charge in [-0.25, -0.2) is 13.4 Å². The highest BCUT2D eigenvalue weighted by Gasteiger charge is 2.38. The van der Waals surface area contributed by atoms with Crippen LogP contribution in [0, 0.1) is 5.41 Å². The third kappa shape index (κ3) is 2.92. The lowest BCUT2D eigenvalue weighted by molar-refractivity contribution is 0.149. The zero-order valence-corrected chi connectivity index (χ0v) is 17.5. The first-order valence-electron chi connectivity index (χ1n) is 10.4. The largest absolute Gasteiger partial charge is 0.504 e. The van der Waals surface area contributed by atoms with Crippen LogP contribution in [-0.4, -0.2) is 54.9 Å². The summed E-state index contributed by atoms with van der Waals surface area (Å²) in [6, 6.07) is 4.94. The molecular weight excluding hydrogens is 390 g/mol. The number of benzene rings is 1. The Bertz CT molecular complexity index is 1080. The van der Waals surface area contributed by atoms with E-state index in [0.29, 0.717) is 24.4 Å². The Labute approximate surface area is 171 Å². The molecule has 1 spiro atoms. The SMILES string of the molecule is COC[C@@H]1CCCN1S(=O)(=O)c1ccc2c(c1)c(O)c1n2CC2(C=N1)CCCC2. The molecule has 1 N–H and O–H groups in total. The number of hydrogen-bond donors (Lipinski definition) is 1. The number of aromatic nitrogens is 1. The molecule has 2 aromatic rings. The summed E-state index contributed by atoms with van der Waals surface area (Å²) in [6.45, 7) is 1.68. The number of rotatable bonds is 4. The van der Waals surface area contributed by atoms with E-state index in [1.165, 1.54) is 17.1 Å². The topological polar surface area (TPSA) is 84.1 Å². The van der Waals surface area contributed by atoms with Crippen molar-refractivity contribution in [3.63, 3.8) is 0 Å². The average molecular weight is 418 g/mol. The molecule has 0 bridgehead atoms. The molecule has 2 fully saturated rings. The summed E-state index contributed by atoms with van der Waals surface area (Å²) in [7, 11) is -2.05. The summed E-state index contributed by atoms with van der Waals surface area (Å²) in [5.41, 5.74) is 0.911. The Balaban J connectivity index is 1.56. The van der Waals surface area contributed by atoms with Crippen molar-refractivity contribution >= 4 is 33.0 Å². The van der Waals surface area contributed by atoms with Crippen LogP contribution in [0.2, 0.25) is 0 Å². The second-order valence-corrected chi connectivity index (χ2v) is 10.5. The first kappa shape index (κ1) is 19.1. The Morgan fingerprint density at radius 3 is 2.83 bits per heavy atom. The lowest BCUT2D eigenvalue weighted by Gasteiger charge is -2.29. The molecule has 0 unspecified atom stereocenters. The molecular formula is C21H27N3O4S. The molecule has 0 amide bonds. The van der Waals surface area contributed by atoms with Crippen molar-refractivity contribution in [2.24, 2.45) is 10.4 Å². The minimum Gasteiger partial charge on any atom is -0.504 e. The Kier molecular flexibility index (Phi) is 4.49. The quantitative estimate of drug-likeness (QED) is 0.826. The van der Waals surface area contributed by atoms with Gasteiger partial charge in [0.05, 0.1) is 17.0 Å². The van der Waals surface area contributed by atoms with Crippen molar-refractivity contribution in [3.8, 4) is 5.75 Å². The molecule has 8 heteroatoms. The van der Waals surface area contributed by atoms with Crippen LogP contribution in [0.15, 0.2) is 28.1 Å². The number of fused-ring (bicyclic) bond motifs is 3. The van der Waals surface area contributed by atoms with Crippen LogP contribution in [0.3, 0.4) is 0 Å². The van der Waals surface area contributed by atoms with Gasteiger partial charge < -0.3 is 14.4 Å². The number of aromatic hydroxyl groups is 1. The number of hydrogen-bond acceptors (Lipinski definition) is 5. The number of nitrogens with zero attached hydrogens (tertiary/aromatic N) is 3. The van der Waals surface area contributed by atoms with E-state index < -0.39 is 10.0 Å². The molecule has 1 aromatic carbocycles. The van der Waals surface area contributed by atoms with Crippen molar-refractivity contribution in [2.45, 2.75) is 56.0 Å². The maximum atomic E-state index is 13.3. The smallest absolute Gasteiger partial charge is 0.243 e. The van der Waals surface area contributed by atoms with E-state index in [-0.39, 0.29) is 22.1 Å². The van der Waals surface area contributed by atoms with Crippen LogP contribution in [-0.2, 0) is 21.3 Å². The minimum atomic E-state index is -3.65. The van der Waals surface area contributed by atoms with Gasteiger partial charge >= 0.3 is 0 Å². The maximum absolute atomic E-state index is 13.3. The van der Waals surface area contributed by atoms with E-state index in [4.69, 9.17) is 4.74 Å². The van der Waals surface area contributed by atoms with Gasteiger partial charge in [0.2, 0.25) is 10.0 Å². The first-order chi connectivity index (χ1) is 14.0. The van der Waals surface area contributed by atoms with E-state index in [9.17, 15) is 13.5 Å². The second kappa shape index (κ2) is 6.82. The molecule has 156 valence electrons. The zero-order valence-electron chi connectivity index (χ0n) is 16.7. The number of methoxy groups -OCH3 is 1. The highest BCUT2D eigenvalue weighted by atomic mass is 32.2. The summed E-state index contributed by atoms with van der Waals surface area (Å²) in [5.74, 6) is 0.599. The molecule has 3 aliphatic rings. The molecule has 1 atom stereocenters. The molecule has 2 aliphatic heterocycles. The van der Waals surface area contributed by atoms with Gasteiger partial charge in [-0.2, -0.15) is 4.31 Å². The van der Waals surface area contributed by atoms with Gasteiger partial charge in [-0.3, -0.25) is 0 Å². The van der Waals surface area contributed by atoms with Gasteiger partial charge in [0.25, 0.3) is 0 Å². The molecule has 5 rings (SSSR count). The molecule has 29 heavy (non-hydrogen) atoms. The van der Waals surface area contributed by atoms with Gasteiger partial charge in [0, 0.05) is 43.3 Å². The predicted molar refractivity (Wildman–Crippen MR) is 111 cm³/mol. The lowest BCUT2D eigenvalue weighted by Crippen LogP contribution is -2.38. The molecule has 7 nitrogen and oxygen atoms in total. The third-order valence-corrected chi connectivity index (χ3v) is 8.75. The lowest BCUT2D eigenvalue weighted by atomic mass is 9.86. The van der Waals surface area contributed by atoms with Gasteiger partial charge in [-0.15, -0.1) is 0 Å². The van der Waals surface area contributed by atoms with E-state index in [0.717, 1.165) is 37.7 Å². The van der Waals surface area contributed by atoms with E-state index in [2.05, 4.69) is 9.56 Å². The summed E-state index contributed by atoms with van der Waals surface area (Å²) >= 11 is 0. The fourth-order valence-electron chi connectivity index (χ4n) is 5.29. The fourth-order valence-corrected chi connectivity index (χ4v) is 7.00.